The fourth-order valence-corrected chi connectivity index (χ4v) is 3.30. The van der Waals surface area contributed by atoms with E-state index >= 15 is 0 Å². The highest BCUT2D eigenvalue weighted by Gasteiger charge is 2.19. The number of rotatable bonds is 6. The third kappa shape index (κ3) is 3.79. The zero-order valence-electron chi connectivity index (χ0n) is 14.0. The van der Waals surface area contributed by atoms with Crippen molar-refractivity contribution in [2.24, 2.45) is 0 Å². The number of hydrogen-bond acceptors (Lipinski definition) is 4. The molecule has 3 rings (SSSR count). The van der Waals surface area contributed by atoms with Crippen LogP contribution >= 0.6 is 0 Å². The molecule has 1 aromatic heterocycles. The Morgan fingerprint density at radius 3 is 2.67 bits per heavy atom. The zero-order chi connectivity index (χ0) is 16.9. The average molecular weight is 332 g/mol. The van der Waals surface area contributed by atoms with E-state index < -0.39 is 0 Å². The maximum absolute atomic E-state index is 14.6. The van der Waals surface area contributed by atoms with Crippen LogP contribution < -0.4 is 10.2 Å². The van der Waals surface area contributed by atoms with E-state index in [2.05, 4.69) is 10.2 Å². The van der Waals surface area contributed by atoms with Gasteiger partial charge in [-0.3, -0.25) is 5.32 Å². The molecule has 2 unspecified atom stereocenters. The van der Waals surface area contributed by atoms with E-state index in [1.54, 1.807) is 18.4 Å². The Labute approximate surface area is 142 Å². The molecule has 24 heavy (non-hydrogen) atoms. The van der Waals surface area contributed by atoms with Gasteiger partial charge in [-0.05, 0) is 56.0 Å². The van der Waals surface area contributed by atoms with Gasteiger partial charge in [-0.2, -0.15) is 0 Å². The van der Waals surface area contributed by atoms with Gasteiger partial charge in [0.1, 0.15) is 11.6 Å². The van der Waals surface area contributed by atoms with Crippen molar-refractivity contribution in [1.82, 2.24) is 5.32 Å². The molecule has 1 saturated heterocycles. The van der Waals surface area contributed by atoms with Gasteiger partial charge in [0, 0.05) is 19.1 Å². The maximum Gasteiger partial charge on any atom is 0.146 e. The molecule has 1 aliphatic heterocycles. The molecule has 1 aromatic carbocycles. The first-order valence-electron chi connectivity index (χ1n) is 8.63. The van der Waals surface area contributed by atoms with Crippen LogP contribution in [0.2, 0.25) is 0 Å². The molecule has 0 bridgehead atoms. The lowest BCUT2D eigenvalue weighted by Gasteiger charge is -2.29. The van der Waals surface area contributed by atoms with Crippen molar-refractivity contribution < 1.29 is 13.9 Å². The number of halogens is 1. The van der Waals surface area contributed by atoms with Crippen molar-refractivity contribution in [3.63, 3.8) is 0 Å². The molecule has 2 atom stereocenters. The number of aliphatic hydroxyl groups is 1. The van der Waals surface area contributed by atoms with Crippen molar-refractivity contribution in [3.05, 3.63) is 53.7 Å². The van der Waals surface area contributed by atoms with Crippen LogP contribution in [0.3, 0.4) is 0 Å². The van der Waals surface area contributed by atoms with Crippen LogP contribution in [0.15, 0.2) is 41.0 Å². The molecule has 5 heteroatoms. The molecule has 4 nitrogen and oxygen atoms in total. The topological polar surface area (TPSA) is 48.6 Å². The lowest BCUT2D eigenvalue weighted by atomic mass is 10.0. The quantitative estimate of drug-likeness (QED) is 0.845. The molecule has 0 saturated carbocycles. The Hall–Kier alpha value is -1.85. The van der Waals surface area contributed by atoms with Crippen LogP contribution in [0.1, 0.15) is 49.6 Å². The Morgan fingerprint density at radius 2 is 2.04 bits per heavy atom. The summed E-state index contributed by atoms with van der Waals surface area (Å²) in [4.78, 5) is 2.13. The molecular weight excluding hydrogens is 307 g/mol. The Kier molecular flexibility index (Phi) is 5.53. The smallest absolute Gasteiger partial charge is 0.146 e. The molecule has 130 valence electrons. The molecule has 0 aliphatic carbocycles. The van der Waals surface area contributed by atoms with Crippen molar-refractivity contribution >= 4 is 5.69 Å². The predicted octanol–water partition coefficient (Wildman–Crippen LogP) is 3.79. The van der Waals surface area contributed by atoms with Crippen LogP contribution in [0.4, 0.5) is 10.1 Å². The molecule has 1 aliphatic rings. The number of piperidine rings is 1. The van der Waals surface area contributed by atoms with Gasteiger partial charge >= 0.3 is 0 Å². The number of hydrogen-bond donors (Lipinski definition) is 2. The van der Waals surface area contributed by atoms with Crippen LogP contribution in [0.5, 0.6) is 0 Å². The van der Waals surface area contributed by atoms with Gasteiger partial charge in [-0.25, -0.2) is 4.39 Å². The van der Waals surface area contributed by atoms with E-state index in [9.17, 15) is 9.50 Å². The number of benzene rings is 1. The Balaban J connectivity index is 1.70. The monoisotopic (exact) mass is 332 g/mol. The molecule has 2 N–H and O–H groups in total. The van der Waals surface area contributed by atoms with E-state index in [-0.39, 0.29) is 24.5 Å². The minimum atomic E-state index is -0.306. The third-order valence-corrected chi connectivity index (χ3v) is 4.69. The van der Waals surface area contributed by atoms with Crippen LogP contribution in [0.25, 0.3) is 0 Å². The highest BCUT2D eigenvalue weighted by molar-refractivity contribution is 5.49. The minimum absolute atomic E-state index is 0.0772. The molecule has 0 spiro atoms. The van der Waals surface area contributed by atoms with Crippen molar-refractivity contribution in [2.45, 2.75) is 38.3 Å². The van der Waals surface area contributed by atoms with E-state index in [0.717, 1.165) is 31.5 Å². The highest BCUT2D eigenvalue weighted by Crippen LogP contribution is 2.27. The summed E-state index contributed by atoms with van der Waals surface area (Å²) < 4.78 is 19.9. The largest absolute Gasteiger partial charge is 0.468 e. The molecule has 0 amide bonds. The van der Waals surface area contributed by atoms with Gasteiger partial charge in [0.2, 0.25) is 0 Å². The van der Waals surface area contributed by atoms with Crippen molar-refractivity contribution in [2.75, 3.05) is 24.6 Å². The number of anilines is 1. The fourth-order valence-electron chi connectivity index (χ4n) is 3.30. The van der Waals surface area contributed by atoms with Crippen LogP contribution in [-0.4, -0.2) is 24.8 Å². The molecule has 2 aromatic rings. The third-order valence-electron chi connectivity index (χ3n) is 4.69. The fraction of sp³-hybridized carbons (Fsp3) is 0.474. The second kappa shape index (κ2) is 7.81. The lowest BCUT2D eigenvalue weighted by Crippen LogP contribution is -2.30. The highest BCUT2D eigenvalue weighted by atomic mass is 19.1. The summed E-state index contributed by atoms with van der Waals surface area (Å²) in [6, 6.07) is 8.63. The van der Waals surface area contributed by atoms with E-state index in [0.29, 0.717) is 11.4 Å². The number of nitrogens with one attached hydrogen (secondary N) is 1. The second-order valence-electron chi connectivity index (χ2n) is 6.40. The van der Waals surface area contributed by atoms with Crippen LogP contribution in [0, 0.1) is 5.82 Å². The molecule has 2 heterocycles. The normalized spacial score (nSPS) is 17.7. The summed E-state index contributed by atoms with van der Waals surface area (Å²) in [5, 5.41) is 12.8. The van der Waals surface area contributed by atoms with Gasteiger partial charge in [0.25, 0.3) is 0 Å². The van der Waals surface area contributed by atoms with E-state index in [1.807, 2.05) is 25.1 Å². The van der Waals surface area contributed by atoms with Gasteiger partial charge < -0.3 is 14.4 Å². The number of nitrogens with zero attached hydrogens (tertiary/aromatic N) is 1. The summed E-state index contributed by atoms with van der Waals surface area (Å²) in [5.41, 5.74) is 1.55. The first-order valence-corrected chi connectivity index (χ1v) is 8.63. The lowest BCUT2D eigenvalue weighted by molar-refractivity contribution is 0.217. The minimum Gasteiger partial charge on any atom is -0.468 e. The Morgan fingerprint density at radius 1 is 1.25 bits per heavy atom. The van der Waals surface area contributed by atoms with Crippen LogP contribution in [-0.2, 0) is 0 Å². The second-order valence-corrected chi connectivity index (χ2v) is 6.40. The summed E-state index contributed by atoms with van der Waals surface area (Å²) in [7, 11) is 0. The van der Waals surface area contributed by atoms with Crippen molar-refractivity contribution in [1.29, 1.82) is 0 Å². The van der Waals surface area contributed by atoms with Gasteiger partial charge in [-0.15, -0.1) is 0 Å². The SMILES string of the molecule is CC(NC(CO)c1ccco1)c1ccc(N2CCCCC2)c(F)c1. The average Bonchev–Trinajstić information content (AvgIpc) is 3.14. The number of furan rings is 1. The first-order chi connectivity index (χ1) is 11.7. The molecular formula is C19H25FN2O2. The molecule has 0 radical (unpaired) electrons. The zero-order valence-corrected chi connectivity index (χ0v) is 14.0. The van der Waals surface area contributed by atoms with Gasteiger partial charge in [-0.1, -0.05) is 6.07 Å². The Bertz CT molecular complexity index is 639. The maximum atomic E-state index is 14.6. The summed E-state index contributed by atoms with van der Waals surface area (Å²) in [6.07, 6.45) is 5.06. The van der Waals surface area contributed by atoms with Crippen molar-refractivity contribution in [3.8, 4) is 0 Å². The first kappa shape index (κ1) is 17.0. The standard InChI is InChI=1S/C19H25FN2O2/c1-14(21-17(13-23)19-6-5-11-24-19)15-7-8-18(16(20)12-15)22-9-3-2-4-10-22/h5-8,11-12,14,17,21,23H,2-4,9-10,13H2,1H3. The predicted molar refractivity (Wildman–Crippen MR) is 92.5 cm³/mol. The van der Waals surface area contributed by atoms with Gasteiger partial charge in [0.15, 0.2) is 0 Å². The van der Waals surface area contributed by atoms with Gasteiger partial charge in [0.05, 0.1) is 24.6 Å². The number of aliphatic hydroxyl groups excluding tert-OH is 1. The summed E-state index contributed by atoms with van der Waals surface area (Å²) in [6.45, 7) is 3.73. The van der Waals surface area contributed by atoms with E-state index in [4.69, 9.17) is 4.42 Å². The molecule has 1 fully saturated rings. The summed E-state index contributed by atoms with van der Waals surface area (Å²) >= 11 is 0. The van der Waals surface area contributed by atoms with E-state index in [1.165, 1.54) is 6.42 Å². The summed E-state index contributed by atoms with van der Waals surface area (Å²) in [5.74, 6) is 0.497.